The van der Waals surface area contributed by atoms with Crippen LogP contribution in [0.3, 0.4) is 0 Å². The van der Waals surface area contributed by atoms with Gasteiger partial charge in [0.15, 0.2) is 5.82 Å². The fourth-order valence-corrected chi connectivity index (χ4v) is 5.03. The number of aryl methyl sites for hydroxylation is 2. The lowest BCUT2D eigenvalue weighted by Gasteiger charge is -2.19. The Hall–Kier alpha value is -1.51. The molecule has 1 aliphatic heterocycles. The van der Waals surface area contributed by atoms with Crippen LogP contribution in [0.15, 0.2) is 0 Å². The standard InChI is InChI=1S/C18H26N6OS.ClH/c1-11-14(26-17(20-11)13-5-3-4-6-13)16(25)22-18-21-15(23-24(18)2)12-7-9-19-10-8-12;/h12-13,19H,3-10H2,1-2H3,(H,21,22,23,25);1H. The summed E-state index contributed by atoms with van der Waals surface area (Å²) < 4.78 is 1.67. The van der Waals surface area contributed by atoms with Gasteiger partial charge in [-0.3, -0.25) is 10.1 Å². The third-order valence-corrected chi connectivity index (χ3v) is 6.75. The number of hydrogen-bond acceptors (Lipinski definition) is 6. The van der Waals surface area contributed by atoms with Crippen molar-refractivity contribution in [3.63, 3.8) is 0 Å². The summed E-state index contributed by atoms with van der Waals surface area (Å²) in [6.45, 7) is 3.91. The normalized spacial score (nSPS) is 18.4. The summed E-state index contributed by atoms with van der Waals surface area (Å²) >= 11 is 1.54. The number of aromatic nitrogens is 4. The summed E-state index contributed by atoms with van der Waals surface area (Å²) in [5, 5.41) is 11.9. The number of thiazole rings is 1. The molecule has 0 aromatic carbocycles. The molecule has 2 aliphatic rings. The molecule has 3 heterocycles. The molecule has 4 rings (SSSR count). The van der Waals surface area contributed by atoms with E-state index in [1.54, 1.807) is 4.68 Å². The highest BCUT2D eigenvalue weighted by molar-refractivity contribution is 7.14. The molecule has 0 unspecified atom stereocenters. The highest BCUT2D eigenvalue weighted by atomic mass is 35.5. The van der Waals surface area contributed by atoms with Gasteiger partial charge in [0.2, 0.25) is 5.95 Å². The van der Waals surface area contributed by atoms with Gasteiger partial charge in [0.1, 0.15) is 4.88 Å². The van der Waals surface area contributed by atoms with Crippen molar-refractivity contribution in [1.29, 1.82) is 0 Å². The number of anilines is 1. The zero-order valence-corrected chi connectivity index (χ0v) is 17.5. The van der Waals surface area contributed by atoms with Crippen LogP contribution in [-0.2, 0) is 7.05 Å². The third kappa shape index (κ3) is 4.33. The predicted molar refractivity (Wildman–Crippen MR) is 109 cm³/mol. The fraction of sp³-hybridized carbons (Fsp3) is 0.667. The molecule has 0 radical (unpaired) electrons. The van der Waals surface area contributed by atoms with Gasteiger partial charge >= 0.3 is 0 Å². The zero-order chi connectivity index (χ0) is 18.1. The first-order valence-corrected chi connectivity index (χ1v) is 10.3. The van der Waals surface area contributed by atoms with Crippen LogP contribution in [0.2, 0.25) is 0 Å². The fourth-order valence-electron chi connectivity index (χ4n) is 3.90. The van der Waals surface area contributed by atoms with Gasteiger partial charge in [0.05, 0.1) is 10.7 Å². The summed E-state index contributed by atoms with van der Waals surface area (Å²) in [6, 6.07) is 0. The molecule has 1 saturated carbocycles. The minimum Gasteiger partial charge on any atom is -0.317 e. The smallest absolute Gasteiger partial charge is 0.270 e. The Bertz CT molecular complexity index is 792. The summed E-state index contributed by atoms with van der Waals surface area (Å²) in [6.07, 6.45) is 6.99. The first kappa shape index (κ1) is 20.2. The minimum atomic E-state index is -0.128. The molecule has 0 bridgehead atoms. The van der Waals surface area contributed by atoms with Crippen molar-refractivity contribution in [2.75, 3.05) is 18.4 Å². The van der Waals surface area contributed by atoms with Crippen molar-refractivity contribution in [2.24, 2.45) is 7.05 Å². The van der Waals surface area contributed by atoms with Crippen LogP contribution in [0.4, 0.5) is 5.95 Å². The van der Waals surface area contributed by atoms with Gasteiger partial charge in [-0.05, 0) is 45.7 Å². The maximum Gasteiger partial charge on any atom is 0.270 e. The number of rotatable bonds is 4. The number of halogens is 1. The average molecular weight is 411 g/mol. The highest BCUT2D eigenvalue weighted by Crippen LogP contribution is 2.37. The highest BCUT2D eigenvalue weighted by Gasteiger charge is 2.25. The summed E-state index contributed by atoms with van der Waals surface area (Å²) in [4.78, 5) is 22.7. The van der Waals surface area contributed by atoms with Gasteiger partial charge in [-0.2, -0.15) is 10.1 Å². The van der Waals surface area contributed by atoms with Crippen LogP contribution >= 0.6 is 23.7 Å². The van der Waals surface area contributed by atoms with E-state index in [1.165, 1.54) is 37.0 Å². The SMILES string of the molecule is Cc1nc(C2CCCC2)sc1C(=O)Nc1nc(C2CCNCC2)nn1C.Cl. The van der Waals surface area contributed by atoms with Gasteiger partial charge in [0.25, 0.3) is 5.91 Å². The van der Waals surface area contributed by atoms with E-state index in [9.17, 15) is 4.79 Å². The quantitative estimate of drug-likeness (QED) is 0.807. The van der Waals surface area contributed by atoms with Crippen LogP contribution in [-0.4, -0.2) is 38.7 Å². The van der Waals surface area contributed by atoms with Gasteiger partial charge in [-0.15, -0.1) is 23.7 Å². The Morgan fingerprint density at radius 3 is 2.56 bits per heavy atom. The van der Waals surface area contributed by atoms with Gasteiger partial charge in [-0.25, -0.2) is 9.67 Å². The number of piperidine rings is 1. The second-order valence-electron chi connectivity index (χ2n) is 7.34. The predicted octanol–water partition coefficient (Wildman–Crippen LogP) is 3.38. The molecule has 0 spiro atoms. The Morgan fingerprint density at radius 2 is 1.85 bits per heavy atom. The molecule has 1 aliphatic carbocycles. The molecule has 27 heavy (non-hydrogen) atoms. The van der Waals surface area contributed by atoms with Gasteiger partial charge in [-0.1, -0.05) is 12.8 Å². The van der Waals surface area contributed by atoms with Crippen molar-refractivity contribution >= 4 is 35.6 Å². The van der Waals surface area contributed by atoms with Crippen LogP contribution < -0.4 is 10.6 Å². The maximum absolute atomic E-state index is 12.8. The van der Waals surface area contributed by atoms with Crippen molar-refractivity contribution in [3.05, 3.63) is 21.4 Å². The van der Waals surface area contributed by atoms with Crippen LogP contribution in [0.5, 0.6) is 0 Å². The molecule has 0 atom stereocenters. The van der Waals surface area contributed by atoms with Gasteiger partial charge in [0, 0.05) is 18.9 Å². The number of amides is 1. The molecule has 9 heteroatoms. The first-order valence-electron chi connectivity index (χ1n) is 9.52. The van der Waals surface area contributed by atoms with Crippen LogP contribution in [0, 0.1) is 6.92 Å². The van der Waals surface area contributed by atoms with E-state index in [1.807, 2.05) is 14.0 Å². The first-order chi connectivity index (χ1) is 12.6. The lowest BCUT2D eigenvalue weighted by Crippen LogP contribution is -2.27. The number of nitrogens with zero attached hydrogens (tertiary/aromatic N) is 4. The van der Waals surface area contributed by atoms with E-state index in [0.29, 0.717) is 22.7 Å². The summed E-state index contributed by atoms with van der Waals surface area (Å²) in [7, 11) is 1.83. The molecular weight excluding hydrogens is 384 g/mol. The van der Waals surface area contributed by atoms with E-state index in [4.69, 9.17) is 0 Å². The maximum atomic E-state index is 12.8. The van der Waals surface area contributed by atoms with E-state index in [0.717, 1.165) is 42.5 Å². The molecule has 2 N–H and O–H groups in total. The molecule has 2 aromatic rings. The van der Waals surface area contributed by atoms with Crippen molar-refractivity contribution in [2.45, 2.75) is 57.3 Å². The summed E-state index contributed by atoms with van der Waals surface area (Å²) in [5.41, 5.74) is 0.815. The lowest BCUT2D eigenvalue weighted by atomic mass is 9.98. The molecule has 1 amide bonds. The van der Waals surface area contributed by atoms with Crippen molar-refractivity contribution in [1.82, 2.24) is 25.1 Å². The monoisotopic (exact) mass is 410 g/mol. The Labute approximate surface area is 169 Å². The van der Waals surface area contributed by atoms with E-state index in [-0.39, 0.29) is 18.3 Å². The molecule has 1 saturated heterocycles. The Morgan fingerprint density at radius 1 is 1.15 bits per heavy atom. The lowest BCUT2D eigenvalue weighted by molar-refractivity contribution is 0.102. The van der Waals surface area contributed by atoms with Crippen molar-refractivity contribution in [3.8, 4) is 0 Å². The largest absolute Gasteiger partial charge is 0.317 e. The number of hydrogen-bond donors (Lipinski definition) is 2. The molecule has 2 fully saturated rings. The van der Waals surface area contributed by atoms with Crippen LogP contribution in [0.25, 0.3) is 0 Å². The Balaban J connectivity index is 0.00000210. The molecule has 2 aromatic heterocycles. The van der Waals surface area contributed by atoms with Crippen molar-refractivity contribution < 1.29 is 4.79 Å². The number of nitrogens with one attached hydrogen (secondary N) is 2. The van der Waals surface area contributed by atoms with Gasteiger partial charge < -0.3 is 5.32 Å². The zero-order valence-electron chi connectivity index (χ0n) is 15.8. The van der Waals surface area contributed by atoms with Crippen LogP contribution in [0.1, 0.15) is 76.6 Å². The summed E-state index contributed by atoms with van der Waals surface area (Å²) in [5.74, 6) is 2.11. The minimum absolute atomic E-state index is 0. The number of carbonyl (C=O) groups is 1. The molecule has 148 valence electrons. The molecular formula is C18H27ClN6OS. The Kier molecular flexibility index (Phi) is 6.49. The third-order valence-electron chi connectivity index (χ3n) is 5.43. The van der Waals surface area contributed by atoms with E-state index >= 15 is 0 Å². The molecule has 7 nitrogen and oxygen atoms in total. The number of carbonyl (C=O) groups excluding carboxylic acids is 1. The van der Waals surface area contributed by atoms with E-state index < -0.39 is 0 Å². The average Bonchev–Trinajstić information content (AvgIpc) is 3.36. The topological polar surface area (TPSA) is 84.7 Å². The van der Waals surface area contributed by atoms with E-state index in [2.05, 4.69) is 25.7 Å². The second-order valence-corrected chi connectivity index (χ2v) is 8.37. The second kappa shape index (κ2) is 8.67.